The van der Waals surface area contributed by atoms with Crippen molar-refractivity contribution in [3.63, 3.8) is 0 Å². The molecule has 2 rings (SSSR count). The second-order valence-corrected chi connectivity index (χ2v) is 7.71. The fourth-order valence-corrected chi connectivity index (χ4v) is 4.08. The Labute approximate surface area is 167 Å². The van der Waals surface area contributed by atoms with Crippen LogP contribution in [0.2, 0.25) is 0 Å². The highest BCUT2D eigenvalue weighted by atomic mass is 32.2. The summed E-state index contributed by atoms with van der Waals surface area (Å²) in [7, 11) is 4.50. The molecule has 1 heterocycles. The first-order valence-electron chi connectivity index (χ1n) is 8.05. The summed E-state index contributed by atoms with van der Waals surface area (Å²) in [6.45, 7) is 3.47. The van der Waals surface area contributed by atoms with Crippen molar-refractivity contribution in [1.29, 1.82) is 0 Å². The van der Waals surface area contributed by atoms with E-state index in [0.29, 0.717) is 27.7 Å². The van der Waals surface area contributed by atoms with Gasteiger partial charge in [-0.15, -0.1) is 0 Å². The van der Waals surface area contributed by atoms with E-state index in [4.69, 9.17) is 26.4 Å². The van der Waals surface area contributed by atoms with E-state index in [1.54, 1.807) is 32.1 Å². The van der Waals surface area contributed by atoms with Crippen molar-refractivity contribution in [2.24, 2.45) is 5.92 Å². The van der Waals surface area contributed by atoms with Crippen LogP contribution in [0.5, 0.6) is 17.2 Å². The van der Waals surface area contributed by atoms with Gasteiger partial charge in [0.15, 0.2) is 11.5 Å². The van der Waals surface area contributed by atoms with Crippen molar-refractivity contribution < 1.29 is 28.9 Å². The van der Waals surface area contributed by atoms with E-state index in [2.05, 4.69) is 0 Å². The molecular formula is C18H21NO6S2. The van der Waals surface area contributed by atoms with E-state index < -0.39 is 17.9 Å². The number of carboxylic acid groups (broad SMARTS) is 1. The monoisotopic (exact) mass is 411 g/mol. The Morgan fingerprint density at radius 3 is 2.15 bits per heavy atom. The van der Waals surface area contributed by atoms with Crippen LogP contribution < -0.4 is 14.2 Å². The van der Waals surface area contributed by atoms with Crippen LogP contribution in [0.25, 0.3) is 6.08 Å². The Bertz CT molecular complexity index is 780. The number of thiocarbonyl (C=S) groups is 1. The van der Waals surface area contributed by atoms with E-state index in [-0.39, 0.29) is 10.2 Å². The van der Waals surface area contributed by atoms with Gasteiger partial charge in [0.2, 0.25) is 5.75 Å². The number of benzene rings is 1. The second kappa shape index (κ2) is 8.62. The Morgan fingerprint density at radius 2 is 1.74 bits per heavy atom. The minimum absolute atomic E-state index is 0.222. The summed E-state index contributed by atoms with van der Waals surface area (Å²) in [5.74, 6) is -0.468. The maximum absolute atomic E-state index is 12.8. The molecule has 1 atom stereocenters. The van der Waals surface area contributed by atoms with Crippen molar-refractivity contribution in [2.45, 2.75) is 19.9 Å². The van der Waals surface area contributed by atoms with Gasteiger partial charge in [-0.05, 0) is 29.7 Å². The van der Waals surface area contributed by atoms with E-state index in [0.717, 1.165) is 16.7 Å². The largest absolute Gasteiger partial charge is 0.493 e. The van der Waals surface area contributed by atoms with E-state index >= 15 is 0 Å². The molecular weight excluding hydrogens is 390 g/mol. The van der Waals surface area contributed by atoms with Crippen LogP contribution >= 0.6 is 24.0 Å². The van der Waals surface area contributed by atoms with Crippen molar-refractivity contribution in [3.8, 4) is 17.2 Å². The molecule has 1 amide bonds. The number of thioether (sulfide) groups is 1. The van der Waals surface area contributed by atoms with Gasteiger partial charge in [-0.25, -0.2) is 4.79 Å². The minimum Gasteiger partial charge on any atom is -0.493 e. The number of carboxylic acids is 1. The lowest BCUT2D eigenvalue weighted by atomic mass is 10.0. The molecule has 0 radical (unpaired) electrons. The zero-order valence-electron chi connectivity index (χ0n) is 15.6. The third kappa shape index (κ3) is 4.19. The number of rotatable bonds is 7. The molecule has 1 fully saturated rings. The molecule has 9 heteroatoms. The summed E-state index contributed by atoms with van der Waals surface area (Å²) >= 11 is 6.33. The molecule has 0 bridgehead atoms. The number of carbonyl (C=O) groups is 2. The molecule has 27 heavy (non-hydrogen) atoms. The van der Waals surface area contributed by atoms with E-state index in [1.165, 1.54) is 21.3 Å². The quantitative estimate of drug-likeness (QED) is 0.541. The predicted molar refractivity (Wildman–Crippen MR) is 107 cm³/mol. The van der Waals surface area contributed by atoms with E-state index in [9.17, 15) is 14.7 Å². The lowest BCUT2D eigenvalue weighted by Gasteiger charge is -2.26. The highest BCUT2D eigenvalue weighted by molar-refractivity contribution is 8.26. The normalized spacial score (nSPS) is 16.8. The van der Waals surface area contributed by atoms with Crippen molar-refractivity contribution >= 4 is 46.3 Å². The maximum Gasteiger partial charge on any atom is 0.327 e. The van der Waals surface area contributed by atoms with Crippen molar-refractivity contribution in [1.82, 2.24) is 4.90 Å². The number of hydrogen-bond acceptors (Lipinski definition) is 7. The van der Waals surface area contributed by atoms with Crippen LogP contribution in [0.4, 0.5) is 0 Å². The molecule has 7 nitrogen and oxygen atoms in total. The summed E-state index contributed by atoms with van der Waals surface area (Å²) in [4.78, 5) is 25.9. The summed E-state index contributed by atoms with van der Waals surface area (Å²) < 4.78 is 16.1. The Morgan fingerprint density at radius 1 is 1.19 bits per heavy atom. The van der Waals surface area contributed by atoms with Crippen LogP contribution in [-0.4, -0.2) is 53.6 Å². The van der Waals surface area contributed by atoms with Gasteiger partial charge in [0, 0.05) is 0 Å². The van der Waals surface area contributed by atoms with E-state index in [1.807, 2.05) is 0 Å². The molecule has 0 aliphatic carbocycles. The van der Waals surface area contributed by atoms with Crippen molar-refractivity contribution in [2.75, 3.05) is 21.3 Å². The first-order chi connectivity index (χ1) is 12.7. The molecule has 1 aliphatic heterocycles. The predicted octanol–water partition coefficient (Wildman–Crippen LogP) is 3.02. The van der Waals surface area contributed by atoms with Gasteiger partial charge >= 0.3 is 5.97 Å². The average Bonchev–Trinajstić information content (AvgIpc) is 2.88. The molecule has 1 saturated heterocycles. The summed E-state index contributed by atoms with van der Waals surface area (Å²) in [5, 5.41) is 9.48. The van der Waals surface area contributed by atoms with Crippen LogP contribution in [0.3, 0.4) is 0 Å². The molecule has 1 aromatic carbocycles. The van der Waals surface area contributed by atoms with Crippen molar-refractivity contribution in [3.05, 3.63) is 22.6 Å². The molecule has 0 saturated carbocycles. The topological polar surface area (TPSA) is 85.3 Å². The molecule has 146 valence electrons. The number of carbonyl (C=O) groups excluding carboxylic acids is 1. The highest BCUT2D eigenvalue weighted by Gasteiger charge is 2.41. The maximum atomic E-state index is 12.8. The first kappa shape index (κ1) is 21.0. The smallest absolute Gasteiger partial charge is 0.327 e. The van der Waals surface area contributed by atoms with Crippen LogP contribution in [0.15, 0.2) is 17.0 Å². The zero-order valence-corrected chi connectivity index (χ0v) is 17.3. The second-order valence-electron chi connectivity index (χ2n) is 6.04. The molecule has 1 aromatic rings. The number of aliphatic carboxylic acids is 1. The Balaban J connectivity index is 2.45. The third-order valence-electron chi connectivity index (χ3n) is 3.97. The number of methoxy groups -OCH3 is 3. The van der Waals surface area contributed by atoms with Crippen LogP contribution in [0, 0.1) is 5.92 Å². The summed E-state index contributed by atoms with van der Waals surface area (Å²) in [5.41, 5.74) is 0.640. The lowest BCUT2D eigenvalue weighted by molar-refractivity contribution is -0.146. The fraction of sp³-hybridized carbons (Fsp3) is 0.389. The minimum atomic E-state index is -1.09. The van der Waals surface area contributed by atoms with Gasteiger partial charge < -0.3 is 19.3 Å². The average molecular weight is 412 g/mol. The number of nitrogens with zero attached hydrogens (tertiary/aromatic N) is 1. The Kier molecular flexibility index (Phi) is 6.72. The van der Waals surface area contributed by atoms with Gasteiger partial charge in [0.05, 0.1) is 26.2 Å². The number of ether oxygens (including phenoxy) is 3. The molecule has 0 aromatic heterocycles. The lowest BCUT2D eigenvalue weighted by Crippen LogP contribution is -2.47. The van der Waals surface area contributed by atoms with Crippen LogP contribution in [-0.2, 0) is 9.59 Å². The molecule has 1 aliphatic rings. The summed E-state index contributed by atoms with van der Waals surface area (Å²) in [6, 6.07) is 2.39. The van der Waals surface area contributed by atoms with Gasteiger partial charge in [-0.1, -0.05) is 37.8 Å². The van der Waals surface area contributed by atoms with Gasteiger partial charge in [-0.2, -0.15) is 0 Å². The van der Waals surface area contributed by atoms with Gasteiger partial charge in [0.1, 0.15) is 10.4 Å². The molecule has 1 N–H and O–H groups in total. The van der Waals surface area contributed by atoms with Gasteiger partial charge in [-0.3, -0.25) is 9.69 Å². The highest BCUT2D eigenvalue weighted by Crippen LogP contribution is 2.41. The standard InChI is InChI=1S/C18H21NO6S2/c1-9(2)14(17(21)22)19-16(20)13(27-18(19)26)8-10-6-11(23-3)15(25-5)12(7-10)24-4/h6-9,14H,1-5H3,(H,21,22). The number of hydrogen-bond donors (Lipinski definition) is 1. The first-order valence-corrected chi connectivity index (χ1v) is 9.27. The third-order valence-corrected chi connectivity index (χ3v) is 5.30. The number of amides is 1. The zero-order chi connectivity index (χ0) is 20.3. The SMILES string of the molecule is COc1cc(C=C2SC(=S)N(C(C(=O)O)C(C)C)C2=O)cc(OC)c1OC. The fourth-order valence-electron chi connectivity index (χ4n) is 2.75. The Hall–Kier alpha value is -2.26. The summed E-state index contributed by atoms with van der Waals surface area (Å²) in [6.07, 6.45) is 1.63. The molecule has 0 spiro atoms. The van der Waals surface area contributed by atoms with Crippen LogP contribution in [0.1, 0.15) is 19.4 Å². The van der Waals surface area contributed by atoms with Gasteiger partial charge in [0.25, 0.3) is 5.91 Å². The molecule has 1 unspecified atom stereocenters.